The van der Waals surface area contributed by atoms with Crippen LogP contribution in [-0.4, -0.2) is 49.9 Å². The van der Waals surface area contributed by atoms with Crippen molar-refractivity contribution in [3.63, 3.8) is 0 Å². The van der Waals surface area contributed by atoms with Crippen molar-refractivity contribution in [3.8, 4) is 0 Å². The van der Waals surface area contributed by atoms with Gasteiger partial charge < -0.3 is 4.90 Å². The fourth-order valence-electron chi connectivity index (χ4n) is 2.88. The lowest BCUT2D eigenvalue weighted by atomic mass is 10.1. The Bertz CT molecular complexity index is 678. The van der Waals surface area contributed by atoms with Crippen LogP contribution in [0.4, 0.5) is 0 Å². The summed E-state index contributed by atoms with van der Waals surface area (Å²) in [5, 5.41) is 3.90. The van der Waals surface area contributed by atoms with Crippen LogP contribution in [0.1, 0.15) is 31.9 Å². The van der Waals surface area contributed by atoms with Gasteiger partial charge in [-0.2, -0.15) is 0 Å². The first-order chi connectivity index (χ1) is 10.7. The molecule has 5 nitrogen and oxygen atoms in total. The Hall–Kier alpha value is -1.11. The van der Waals surface area contributed by atoms with Gasteiger partial charge in [0.15, 0.2) is 9.84 Å². The van der Waals surface area contributed by atoms with E-state index in [4.69, 9.17) is 11.6 Å². The SMILES string of the molecule is C[C@H](N[C@H](C)c1cccc(Cl)c1)C(=O)N(C)[C@H]1CCS(=O)(=O)C1. The number of halogens is 1. The minimum atomic E-state index is -3.00. The van der Waals surface area contributed by atoms with Crippen LogP contribution >= 0.6 is 11.6 Å². The highest BCUT2D eigenvalue weighted by atomic mass is 35.5. The minimum absolute atomic E-state index is 0.0339. The van der Waals surface area contributed by atoms with E-state index in [1.54, 1.807) is 24.9 Å². The number of nitrogens with one attached hydrogen (secondary N) is 1. The maximum absolute atomic E-state index is 12.5. The molecule has 2 rings (SSSR count). The predicted molar refractivity (Wildman–Crippen MR) is 92.3 cm³/mol. The molecule has 1 heterocycles. The molecule has 1 aromatic rings. The number of carbonyl (C=O) groups is 1. The molecule has 0 bridgehead atoms. The van der Waals surface area contributed by atoms with Crippen LogP contribution in [0, 0.1) is 0 Å². The largest absolute Gasteiger partial charge is 0.340 e. The van der Waals surface area contributed by atoms with Gasteiger partial charge in [-0.05, 0) is 38.0 Å². The van der Waals surface area contributed by atoms with Crippen LogP contribution in [-0.2, 0) is 14.6 Å². The second-order valence-electron chi connectivity index (χ2n) is 6.17. The smallest absolute Gasteiger partial charge is 0.239 e. The number of amides is 1. The Kier molecular flexibility index (Phi) is 5.70. The van der Waals surface area contributed by atoms with Crippen molar-refractivity contribution >= 4 is 27.3 Å². The summed E-state index contributed by atoms with van der Waals surface area (Å²) in [6.45, 7) is 3.76. The second kappa shape index (κ2) is 7.20. The first-order valence-corrected chi connectivity index (χ1v) is 9.88. The van der Waals surface area contributed by atoms with E-state index in [-0.39, 0.29) is 29.5 Å². The quantitative estimate of drug-likeness (QED) is 0.874. The van der Waals surface area contributed by atoms with E-state index < -0.39 is 15.9 Å². The highest BCUT2D eigenvalue weighted by Crippen LogP contribution is 2.20. The highest BCUT2D eigenvalue weighted by molar-refractivity contribution is 7.91. The molecule has 1 aliphatic heterocycles. The molecule has 23 heavy (non-hydrogen) atoms. The number of hydrogen-bond acceptors (Lipinski definition) is 4. The number of benzene rings is 1. The van der Waals surface area contributed by atoms with E-state index in [1.165, 1.54) is 0 Å². The first kappa shape index (κ1) is 18.2. The Balaban J connectivity index is 1.97. The fraction of sp³-hybridized carbons (Fsp3) is 0.562. The summed E-state index contributed by atoms with van der Waals surface area (Å²) in [7, 11) is -1.32. The summed E-state index contributed by atoms with van der Waals surface area (Å²) >= 11 is 5.99. The Morgan fingerprint density at radius 2 is 2.09 bits per heavy atom. The molecule has 0 saturated carbocycles. The molecule has 0 aliphatic carbocycles. The molecule has 1 aromatic carbocycles. The average molecular weight is 359 g/mol. The molecule has 1 saturated heterocycles. The summed E-state index contributed by atoms with van der Waals surface area (Å²) in [6, 6.07) is 6.83. The third kappa shape index (κ3) is 4.68. The summed E-state index contributed by atoms with van der Waals surface area (Å²) in [4.78, 5) is 14.1. The Morgan fingerprint density at radius 1 is 1.39 bits per heavy atom. The predicted octanol–water partition coefficient (Wildman–Crippen LogP) is 2.02. The molecule has 0 aromatic heterocycles. The standard InChI is InChI=1S/C16H23ClN2O3S/c1-11(13-5-4-6-14(17)9-13)18-12(2)16(20)19(3)15-7-8-23(21,22)10-15/h4-6,9,11-12,15,18H,7-8,10H2,1-3H3/t11-,12+,15+/m1/s1. The van der Waals surface area contributed by atoms with E-state index in [1.807, 2.05) is 25.1 Å². The molecular weight excluding hydrogens is 336 g/mol. The Morgan fingerprint density at radius 3 is 2.65 bits per heavy atom. The molecule has 7 heteroatoms. The van der Waals surface area contributed by atoms with Crippen molar-refractivity contribution in [2.75, 3.05) is 18.6 Å². The zero-order valence-electron chi connectivity index (χ0n) is 13.6. The first-order valence-electron chi connectivity index (χ1n) is 7.68. The maximum Gasteiger partial charge on any atom is 0.239 e. The van der Waals surface area contributed by atoms with Crippen molar-refractivity contribution < 1.29 is 13.2 Å². The summed E-state index contributed by atoms with van der Waals surface area (Å²) in [5.41, 5.74) is 1.00. The van der Waals surface area contributed by atoms with Crippen molar-refractivity contribution in [3.05, 3.63) is 34.9 Å². The zero-order chi connectivity index (χ0) is 17.2. The van der Waals surface area contributed by atoms with Gasteiger partial charge >= 0.3 is 0 Å². The van der Waals surface area contributed by atoms with Crippen LogP contribution in [0.25, 0.3) is 0 Å². The normalized spacial score (nSPS) is 22.5. The lowest BCUT2D eigenvalue weighted by Crippen LogP contribution is -2.48. The van der Waals surface area contributed by atoms with Gasteiger partial charge in [0, 0.05) is 24.2 Å². The van der Waals surface area contributed by atoms with Gasteiger partial charge in [0.05, 0.1) is 17.5 Å². The monoisotopic (exact) mass is 358 g/mol. The van der Waals surface area contributed by atoms with E-state index in [2.05, 4.69) is 5.32 Å². The Labute approximate surface area is 142 Å². The molecule has 3 atom stereocenters. The number of hydrogen-bond donors (Lipinski definition) is 1. The third-order valence-corrected chi connectivity index (χ3v) is 6.31. The van der Waals surface area contributed by atoms with Crippen LogP contribution in [0.2, 0.25) is 5.02 Å². The topological polar surface area (TPSA) is 66.5 Å². The van der Waals surface area contributed by atoms with Crippen LogP contribution in [0.3, 0.4) is 0 Å². The van der Waals surface area contributed by atoms with Gasteiger partial charge in [-0.1, -0.05) is 23.7 Å². The van der Waals surface area contributed by atoms with Gasteiger partial charge in [-0.3, -0.25) is 10.1 Å². The van der Waals surface area contributed by atoms with Gasteiger partial charge in [-0.15, -0.1) is 0 Å². The highest BCUT2D eigenvalue weighted by Gasteiger charge is 2.34. The van der Waals surface area contributed by atoms with Gasteiger partial charge in [0.25, 0.3) is 0 Å². The average Bonchev–Trinajstić information content (AvgIpc) is 2.85. The van der Waals surface area contributed by atoms with Crippen LogP contribution < -0.4 is 5.32 Å². The number of sulfone groups is 1. The molecule has 0 unspecified atom stereocenters. The zero-order valence-corrected chi connectivity index (χ0v) is 15.2. The molecule has 1 amide bonds. The summed E-state index contributed by atoms with van der Waals surface area (Å²) in [6.07, 6.45) is 0.515. The van der Waals surface area contributed by atoms with Crippen molar-refractivity contribution in [1.29, 1.82) is 0 Å². The number of likely N-dealkylation sites (N-methyl/N-ethyl adjacent to an activating group) is 1. The van der Waals surface area contributed by atoms with E-state index in [9.17, 15) is 13.2 Å². The van der Waals surface area contributed by atoms with E-state index in [0.717, 1.165) is 5.56 Å². The summed E-state index contributed by atoms with van der Waals surface area (Å²) in [5.74, 6) is 0.128. The third-order valence-electron chi connectivity index (χ3n) is 4.32. The molecule has 1 aliphatic rings. The van der Waals surface area contributed by atoms with Crippen molar-refractivity contribution in [1.82, 2.24) is 10.2 Å². The van der Waals surface area contributed by atoms with Crippen LogP contribution in [0.15, 0.2) is 24.3 Å². The van der Waals surface area contributed by atoms with E-state index in [0.29, 0.717) is 11.4 Å². The van der Waals surface area contributed by atoms with Gasteiger partial charge in [-0.25, -0.2) is 8.42 Å². The lowest BCUT2D eigenvalue weighted by molar-refractivity contribution is -0.133. The summed E-state index contributed by atoms with van der Waals surface area (Å²) < 4.78 is 23.1. The lowest BCUT2D eigenvalue weighted by Gasteiger charge is -2.28. The molecule has 1 N–H and O–H groups in total. The van der Waals surface area contributed by atoms with Gasteiger partial charge in [0.2, 0.25) is 5.91 Å². The van der Waals surface area contributed by atoms with Crippen molar-refractivity contribution in [2.45, 2.75) is 38.4 Å². The molecule has 0 spiro atoms. The number of nitrogens with zero attached hydrogens (tertiary/aromatic N) is 1. The molecule has 1 fully saturated rings. The molecule has 128 valence electrons. The fourth-order valence-corrected chi connectivity index (χ4v) is 4.86. The molecule has 0 radical (unpaired) electrons. The van der Waals surface area contributed by atoms with Crippen molar-refractivity contribution in [2.24, 2.45) is 0 Å². The minimum Gasteiger partial charge on any atom is -0.340 e. The number of rotatable bonds is 5. The van der Waals surface area contributed by atoms with E-state index >= 15 is 0 Å². The second-order valence-corrected chi connectivity index (χ2v) is 8.84. The van der Waals surface area contributed by atoms with Crippen LogP contribution in [0.5, 0.6) is 0 Å². The number of carbonyl (C=O) groups excluding carboxylic acids is 1. The molecular formula is C16H23ClN2O3S. The maximum atomic E-state index is 12.5. The van der Waals surface area contributed by atoms with Gasteiger partial charge in [0.1, 0.15) is 0 Å².